The molecule has 0 radical (unpaired) electrons. The molecule has 6 rings (SSSR count). The lowest BCUT2D eigenvalue weighted by atomic mass is 9.66. The summed E-state index contributed by atoms with van der Waals surface area (Å²) >= 11 is 0.614. The minimum absolute atomic E-state index is 0.0280. The predicted molar refractivity (Wildman–Crippen MR) is 124 cm³/mol. The summed E-state index contributed by atoms with van der Waals surface area (Å²) in [6, 6.07) is -0.506. The highest BCUT2D eigenvalue weighted by atomic mass is 32.2. The first-order chi connectivity index (χ1) is 18.4. The maximum absolute atomic E-state index is 16.1. The van der Waals surface area contributed by atoms with Crippen LogP contribution in [0.5, 0.6) is 0 Å². The highest BCUT2D eigenvalue weighted by Gasteiger charge is 2.63. The van der Waals surface area contributed by atoms with Gasteiger partial charge < -0.3 is 14.2 Å². The molecule has 1 spiro atoms. The Morgan fingerprint density at radius 2 is 1.95 bits per heavy atom. The number of hydrogen-bond acceptors (Lipinski definition) is 10. The normalized spacial score (nSPS) is 26.6. The molecule has 12 nitrogen and oxygen atoms in total. The number of anilines is 2. The first kappa shape index (κ1) is 25.8. The standard InChI is InChI=1S/C22H19F4N5O7S/c1-8-15-21(17(32)27-19(34)28-18(21)33)5-9-4-11-14(12(23)13(9)30(15)2-3-36-8)38-29-16(11)31-6-10(39-20(31)35)7-37-22(24,25)26/h4,8,10,15H,2-3,5-7H2,1H3,(H2,27,28,32,33,34)/t8-,10+,15+/m0/s1. The average molecular weight is 573 g/mol. The second-order valence-corrected chi connectivity index (χ2v) is 10.8. The Bertz CT molecular complexity index is 1410. The summed E-state index contributed by atoms with van der Waals surface area (Å²) in [4.78, 5) is 53.5. The van der Waals surface area contributed by atoms with E-state index in [1.165, 1.54) is 6.07 Å². The highest BCUT2D eigenvalue weighted by Crippen LogP contribution is 2.49. The molecule has 0 bridgehead atoms. The summed E-state index contributed by atoms with van der Waals surface area (Å²) in [5.74, 6) is -2.70. The highest BCUT2D eigenvalue weighted by molar-refractivity contribution is 8.14. The molecule has 4 aliphatic heterocycles. The zero-order valence-corrected chi connectivity index (χ0v) is 20.8. The second-order valence-electron chi connectivity index (χ2n) is 9.55. The number of urea groups is 1. The van der Waals surface area contributed by atoms with Crippen molar-refractivity contribution in [2.75, 3.05) is 36.1 Å². The van der Waals surface area contributed by atoms with Gasteiger partial charge in [-0.25, -0.2) is 9.18 Å². The minimum Gasteiger partial charge on any atom is -0.374 e. The summed E-state index contributed by atoms with van der Waals surface area (Å²) in [5.41, 5.74) is -1.88. The number of thioether (sulfide) groups is 1. The van der Waals surface area contributed by atoms with E-state index in [0.717, 1.165) is 4.90 Å². The summed E-state index contributed by atoms with van der Waals surface area (Å²) in [6.07, 6.45) is -5.89. The molecular weight excluding hydrogens is 554 g/mol. The number of carbonyl (C=O) groups is 4. The maximum Gasteiger partial charge on any atom is 0.522 e. The average Bonchev–Trinajstić information content (AvgIpc) is 3.43. The Morgan fingerprint density at radius 1 is 1.23 bits per heavy atom. The number of morpholine rings is 1. The number of hydrogen-bond donors (Lipinski definition) is 2. The lowest BCUT2D eigenvalue weighted by molar-refractivity contribution is -0.323. The van der Waals surface area contributed by atoms with Crippen molar-refractivity contribution in [1.82, 2.24) is 15.8 Å². The molecule has 17 heteroatoms. The molecule has 0 unspecified atom stereocenters. The van der Waals surface area contributed by atoms with Crippen LogP contribution in [0.1, 0.15) is 12.5 Å². The van der Waals surface area contributed by atoms with Gasteiger partial charge in [0.05, 0.1) is 41.7 Å². The number of aromatic nitrogens is 1. The molecule has 0 saturated carbocycles. The Labute approximate surface area is 220 Å². The molecule has 1 aromatic carbocycles. The molecule has 4 aliphatic rings. The van der Waals surface area contributed by atoms with Gasteiger partial charge in [-0.15, -0.1) is 13.2 Å². The molecule has 5 amide bonds. The molecule has 2 aromatic rings. The van der Waals surface area contributed by atoms with Crippen LogP contribution in [-0.2, 0) is 25.5 Å². The number of rotatable bonds is 3. The van der Waals surface area contributed by atoms with E-state index in [9.17, 15) is 32.3 Å². The second kappa shape index (κ2) is 8.79. The fraction of sp³-hybridized carbons (Fsp3) is 0.500. The zero-order chi connectivity index (χ0) is 27.9. The van der Waals surface area contributed by atoms with Crippen molar-refractivity contribution in [1.29, 1.82) is 0 Å². The van der Waals surface area contributed by atoms with Gasteiger partial charge in [-0.3, -0.25) is 34.7 Å². The van der Waals surface area contributed by atoms with Crippen molar-refractivity contribution in [3.05, 3.63) is 17.4 Å². The van der Waals surface area contributed by atoms with E-state index in [1.54, 1.807) is 11.8 Å². The van der Waals surface area contributed by atoms with E-state index in [2.05, 4.69) is 20.5 Å². The van der Waals surface area contributed by atoms with Crippen LogP contribution in [0.25, 0.3) is 11.0 Å². The number of nitrogens with one attached hydrogen (secondary N) is 2. The number of ether oxygens (including phenoxy) is 2. The molecule has 39 heavy (non-hydrogen) atoms. The number of benzene rings is 1. The lowest BCUT2D eigenvalue weighted by Crippen LogP contribution is -2.74. The Kier molecular flexibility index (Phi) is 5.82. The zero-order valence-electron chi connectivity index (χ0n) is 20.0. The number of amides is 5. The van der Waals surface area contributed by atoms with Gasteiger partial charge in [-0.2, -0.15) is 0 Å². The quantitative estimate of drug-likeness (QED) is 0.414. The molecule has 3 atom stereocenters. The Balaban J connectivity index is 1.43. The Morgan fingerprint density at radius 3 is 2.64 bits per heavy atom. The number of imide groups is 2. The lowest BCUT2D eigenvalue weighted by Gasteiger charge is -2.54. The molecular formula is C22H19F4N5O7S. The fourth-order valence-corrected chi connectivity index (χ4v) is 6.75. The van der Waals surface area contributed by atoms with Crippen molar-refractivity contribution in [2.24, 2.45) is 5.41 Å². The topological polar surface area (TPSA) is 143 Å². The first-order valence-corrected chi connectivity index (χ1v) is 12.6. The third-order valence-corrected chi connectivity index (χ3v) is 8.36. The van der Waals surface area contributed by atoms with Gasteiger partial charge in [0.2, 0.25) is 17.4 Å². The molecule has 5 heterocycles. The number of nitrogens with zero attached hydrogens (tertiary/aromatic N) is 3. The van der Waals surface area contributed by atoms with Gasteiger partial charge >= 0.3 is 12.4 Å². The van der Waals surface area contributed by atoms with Crippen molar-refractivity contribution < 1.29 is 50.7 Å². The van der Waals surface area contributed by atoms with E-state index in [4.69, 9.17) is 9.26 Å². The van der Waals surface area contributed by atoms with Gasteiger partial charge in [0.15, 0.2) is 17.1 Å². The maximum atomic E-state index is 16.1. The van der Waals surface area contributed by atoms with Gasteiger partial charge in [-0.1, -0.05) is 16.9 Å². The fourth-order valence-electron chi connectivity index (χ4n) is 5.81. The van der Waals surface area contributed by atoms with Gasteiger partial charge in [0, 0.05) is 19.5 Å². The van der Waals surface area contributed by atoms with Crippen molar-refractivity contribution in [3.63, 3.8) is 0 Å². The van der Waals surface area contributed by atoms with Crippen LogP contribution in [0, 0.1) is 11.2 Å². The summed E-state index contributed by atoms with van der Waals surface area (Å²) in [5, 5.41) is 6.60. The van der Waals surface area contributed by atoms with Crippen LogP contribution >= 0.6 is 11.8 Å². The number of halogens is 4. The third-order valence-electron chi connectivity index (χ3n) is 7.32. The van der Waals surface area contributed by atoms with E-state index < -0.39 is 64.7 Å². The third kappa shape index (κ3) is 3.93. The van der Waals surface area contributed by atoms with E-state index in [0.29, 0.717) is 11.8 Å². The van der Waals surface area contributed by atoms with E-state index in [1.807, 2.05) is 0 Å². The summed E-state index contributed by atoms with van der Waals surface area (Å²) in [7, 11) is 0. The molecule has 208 valence electrons. The molecule has 0 aliphatic carbocycles. The summed E-state index contributed by atoms with van der Waals surface area (Å²) < 4.78 is 68.3. The van der Waals surface area contributed by atoms with Crippen LogP contribution in [0.3, 0.4) is 0 Å². The molecule has 3 fully saturated rings. The number of barbiturate groups is 1. The number of carbonyl (C=O) groups excluding carboxylic acids is 4. The van der Waals surface area contributed by atoms with Gasteiger partial charge in [0.1, 0.15) is 0 Å². The Hall–Kier alpha value is -3.44. The molecule has 3 saturated heterocycles. The van der Waals surface area contributed by atoms with Crippen LogP contribution in [-0.4, -0.2) is 78.3 Å². The van der Waals surface area contributed by atoms with Crippen molar-refractivity contribution in [2.45, 2.75) is 37.1 Å². The van der Waals surface area contributed by atoms with Gasteiger partial charge in [0.25, 0.3) is 5.24 Å². The first-order valence-electron chi connectivity index (χ1n) is 11.8. The van der Waals surface area contributed by atoms with Crippen molar-refractivity contribution in [3.8, 4) is 0 Å². The van der Waals surface area contributed by atoms with Crippen LogP contribution in [0.4, 0.5) is 38.7 Å². The predicted octanol–water partition coefficient (Wildman–Crippen LogP) is 2.05. The number of alkyl halides is 3. The van der Waals surface area contributed by atoms with E-state index in [-0.39, 0.29) is 54.2 Å². The van der Waals surface area contributed by atoms with Crippen LogP contribution in [0.15, 0.2) is 10.6 Å². The SMILES string of the molecule is C[C@@H]1OCCN2c3c(cc4c(N5C[C@H](COC(F)(F)F)SC5=O)noc4c3F)CC3(C(=O)NC(=O)NC3=O)[C@@H]12. The largest absolute Gasteiger partial charge is 0.522 e. The number of fused-ring (bicyclic) bond motifs is 5. The van der Waals surface area contributed by atoms with Gasteiger partial charge in [-0.05, 0) is 18.6 Å². The minimum atomic E-state index is -4.87. The summed E-state index contributed by atoms with van der Waals surface area (Å²) in [6.45, 7) is 0.927. The van der Waals surface area contributed by atoms with Crippen molar-refractivity contribution >= 4 is 57.3 Å². The molecule has 1 aromatic heterocycles. The van der Waals surface area contributed by atoms with Crippen LogP contribution < -0.4 is 20.4 Å². The smallest absolute Gasteiger partial charge is 0.374 e. The van der Waals surface area contributed by atoms with Crippen LogP contribution in [0.2, 0.25) is 0 Å². The van der Waals surface area contributed by atoms with E-state index >= 15 is 4.39 Å². The molecule has 2 N–H and O–H groups in total. The monoisotopic (exact) mass is 573 g/mol.